The normalized spacial score (nSPS) is 11.4. The van der Waals surface area contributed by atoms with E-state index in [2.05, 4.69) is 10.6 Å². The fraction of sp³-hybridized carbons (Fsp3) is 0.0714. The van der Waals surface area contributed by atoms with E-state index in [0.29, 0.717) is 22.7 Å². The van der Waals surface area contributed by atoms with Gasteiger partial charge in [0, 0.05) is 21.8 Å². The number of amides is 2. The van der Waals surface area contributed by atoms with E-state index in [0.717, 1.165) is 10.5 Å². The number of hydrogen-bond acceptors (Lipinski definition) is 4. The number of methoxy groups -OCH3 is 1. The lowest BCUT2D eigenvalue weighted by Crippen LogP contribution is -2.19. The molecule has 1 unspecified atom stereocenters. The van der Waals surface area contributed by atoms with Crippen LogP contribution in [0.3, 0.4) is 0 Å². The Morgan fingerprint density at radius 1 is 0.800 bits per heavy atom. The number of rotatable bonds is 8. The van der Waals surface area contributed by atoms with Gasteiger partial charge in [-0.2, -0.15) is 0 Å². The fourth-order valence-electron chi connectivity index (χ4n) is 3.39. The van der Waals surface area contributed by atoms with Gasteiger partial charge in [0.2, 0.25) is 5.91 Å². The van der Waals surface area contributed by atoms with Gasteiger partial charge in [-0.3, -0.25) is 9.59 Å². The van der Waals surface area contributed by atoms with Crippen LogP contribution in [0.2, 0.25) is 0 Å². The highest BCUT2D eigenvalue weighted by Gasteiger charge is 2.22. The first-order valence-corrected chi connectivity index (χ1v) is 11.7. The van der Waals surface area contributed by atoms with Gasteiger partial charge in [-0.05, 0) is 66.2 Å². The first kappa shape index (κ1) is 24.0. The highest BCUT2D eigenvalue weighted by atomic mass is 32.2. The minimum atomic E-state index is -0.564. The van der Waals surface area contributed by atoms with Crippen molar-refractivity contribution in [3.05, 3.63) is 120 Å². The van der Waals surface area contributed by atoms with Gasteiger partial charge in [-0.15, -0.1) is 11.8 Å². The molecule has 0 aliphatic carbocycles. The van der Waals surface area contributed by atoms with Crippen molar-refractivity contribution in [2.45, 2.75) is 10.1 Å². The summed E-state index contributed by atoms with van der Waals surface area (Å²) in [5, 5.41) is 5.19. The second-order valence-corrected chi connectivity index (χ2v) is 8.80. The number of nitrogens with one attached hydrogen (secondary N) is 2. The Bertz CT molecular complexity index is 1310. The van der Waals surface area contributed by atoms with E-state index in [4.69, 9.17) is 4.74 Å². The zero-order valence-electron chi connectivity index (χ0n) is 18.9. The monoisotopic (exact) mass is 486 g/mol. The largest absolute Gasteiger partial charge is 0.497 e. The van der Waals surface area contributed by atoms with Crippen molar-refractivity contribution in [3.63, 3.8) is 0 Å². The van der Waals surface area contributed by atoms with Crippen molar-refractivity contribution in [3.8, 4) is 5.75 Å². The lowest BCUT2D eigenvalue weighted by Gasteiger charge is -2.18. The summed E-state index contributed by atoms with van der Waals surface area (Å²) in [5.41, 5.74) is 2.41. The van der Waals surface area contributed by atoms with E-state index in [1.807, 2.05) is 48.5 Å². The third-order valence-corrected chi connectivity index (χ3v) is 6.38. The van der Waals surface area contributed by atoms with E-state index < -0.39 is 5.25 Å². The molecule has 0 saturated heterocycles. The summed E-state index contributed by atoms with van der Waals surface area (Å²) < 4.78 is 18.4. The molecule has 0 spiro atoms. The standard InChI is InChI=1S/C28H23FN2O3S/c1-34-24-11-5-9-20(17-24)27(32)31-23-10-6-12-25(18-23)35-26(19-7-3-2-4-8-19)28(33)30-22-15-13-21(29)14-16-22/h2-18,26H,1H3,(H,30,33)(H,31,32). The molecule has 0 aliphatic heterocycles. The molecule has 0 aliphatic rings. The molecule has 4 aromatic rings. The van der Waals surface area contributed by atoms with Crippen LogP contribution < -0.4 is 15.4 Å². The first-order chi connectivity index (χ1) is 17.0. The van der Waals surface area contributed by atoms with Gasteiger partial charge in [0.1, 0.15) is 16.8 Å². The van der Waals surface area contributed by atoms with Crippen LogP contribution in [0, 0.1) is 5.82 Å². The third kappa shape index (κ3) is 6.49. The lowest BCUT2D eigenvalue weighted by atomic mass is 10.1. The maximum absolute atomic E-state index is 13.3. The van der Waals surface area contributed by atoms with Crippen LogP contribution in [-0.4, -0.2) is 18.9 Å². The third-order valence-electron chi connectivity index (χ3n) is 5.13. The van der Waals surface area contributed by atoms with Crippen LogP contribution in [-0.2, 0) is 4.79 Å². The zero-order valence-corrected chi connectivity index (χ0v) is 19.7. The lowest BCUT2D eigenvalue weighted by molar-refractivity contribution is -0.115. The number of carbonyl (C=O) groups excluding carboxylic acids is 2. The Kier molecular flexibility index (Phi) is 7.80. The van der Waals surface area contributed by atoms with E-state index in [9.17, 15) is 14.0 Å². The van der Waals surface area contributed by atoms with Gasteiger partial charge in [-0.25, -0.2) is 4.39 Å². The summed E-state index contributed by atoms with van der Waals surface area (Å²) in [4.78, 5) is 26.7. The SMILES string of the molecule is COc1cccc(C(=O)Nc2cccc(SC(C(=O)Nc3ccc(F)cc3)c3ccccc3)c2)c1. The van der Waals surface area contributed by atoms with E-state index >= 15 is 0 Å². The summed E-state index contributed by atoms with van der Waals surface area (Å²) in [6.07, 6.45) is 0. The minimum Gasteiger partial charge on any atom is -0.497 e. The molecule has 0 heterocycles. The number of hydrogen-bond donors (Lipinski definition) is 2. The fourth-order valence-corrected chi connectivity index (χ4v) is 4.48. The van der Waals surface area contributed by atoms with Crippen LogP contribution in [0.15, 0.2) is 108 Å². The van der Waals surface area contributed by atoms with E-state index in [1.54, 1.807) is 37.4 Å². The smallest absolute Gasteiger partial charge is 0.255 e. The topological polar surface area (TPSA) is 67.4 Å². The Morgan fingerprint density at radius 2 is 1.54 bits per heavy atom. The first-order valence-electron chi connectivity index (χ1n) is 10.9. The number of halogens is 1. The maximum Gasteiger partial charge on any atom is 0.255 e. The van der Waals surface area contributed by atoms with Crippen LogP contribution in [0.25, 0.3) is 0 Å². The quantitative estimate of drug-likeness (QED) is 0.277. The second-order valence-electron chi connectivity index (χ2n) is 7.62. The molecule has 2 amide bonds. The molecule has 2 N–H and O–H groups in total. The van der Waals surface area contributed by atoms with Crippen molar-refractivity contribution < 1.29 is 18.7 Å². The van der Waals surface area contributed by atoms with Gasteiger partial charge in [0.25, 0.3) is 5.91 Å². The number of carbonyl (C=O) groups is 2. The molecule has 4 aromatic carbocycles. The molecule has 0 bridgehead atoms. The van der Waals surface area contributed by atoms with Crippen molar-refractivity contribution in [2.75, 3.05) is 17.7 Å². The van der Waals surface area contributed by atoms with Gasteiger partial charge >= 0.3 is 0 Å². The molecule has 7 heteroatoms. The Balaban J connectivity index is 1.53. The van der Waals surface area contributed by atoms with Crippen molar-refractivity contribution in [1.29, 1.82) is 0 Å². The molecule has 176 valence electrons. The summed E-state index contributed by atoms with van der Waals surface area (Å²) in [5.74, 6) is -0.275. The van der Waals surface area contributed by atoms with Gasteiger partial charge in [0.15, 0.2) is 0 Å². The Morgan fingerprint density at radius 3 is 2.29 bits per heavy atom. The van der Waals surface area contributed by atoms with Gasteiger partial charge in [-0.1, -0.05) is 42.5 Å². The van der Waals surface area contributed by atoms with Crippen LogP contribution in [0.1, 0.15) is 21.2 Å². The summed E-state index contributed by atoms with van der Waals surface area (Å²) in [6.45, 7) is 0. The van der Waals surface area contributed by atoms with Crippen LogP contribution in [0.5, 0.6) is 5.75 Å². The molecular formula is C28H23FN2O3S. The molecule has 35 heavy (non-hydrogen) atoms. The van der Waals surface area contributed by atoms with E-state index in [1.165, 1.54) is 36.0 Å². The molecule has 5 nitrogen and oxygen atoms in total. The number of anilines is 2. The number of benzene rings is 4. The number of ether oxygens (including phenoxy) is 1. The highest BCUT2D eigenvalue weighted by molar-refractivity contribution is 8.00. The van der Waals surface area contributed by atoms with Crippen LogP contribution >= 0.6 is 11.8 Å². The zero-order chi connectivity index (χ0) is 24.6. The molecule has 1 atom stereocenters. The Hall–Kier alpha value is -4.10. The predicted octanol–water partition coefficient (Wildman–Crippen LogP) is 6.56. The average Bonchev–Trinajstić information content (AvgIpc) is 2.89. The minimum absolute atomic E-state index is 0.237. The average molecular weight is 487 g/mol. The molecule has 4 rings (SSSR count). The molecule has 0 radical (unpaired) electrons. The van der Waals surface area contributed by atoms with Gasteiger partial charge < -0.3 is 15.4 Å². The molecule has 0 fully saturated rings. The summed E-state index contributed by atoms with van der Waals surface area (Å²) >= 11 is 1.36. The maximum atomic E-state index is 13.3. The van der Waals surface area contributed by atoms with Gasteiger partial charge in [0.05, 0.1) is 7.11 Å². The van der Waals surface area contributed by atoms with Crippen molar-refractivity contribution >= 4 is 35.0 Å². The molecule has 0 saturated carbocycles. The molecule has 0 aromatic heterocycles. The second kappa shape index (κ2) is 11.4. The number of thioether (sulfide) groups is 1. The van der Waals surface area contributed by atoms with Crippen molar-refractivity contribution in [2.24, 2.45) is 0 Å². The summed E-state index contributed by atoms with van der Waals surface area (Å²) in [7, 11) is 1.55. The molecular weight excluding hydrogens is 463 g/mol. The summed E-state index contributed by atoms with van der Waals surface area (Å²) in [6, 6.07) is 29.3. The predicted molar refractivity (Wildman–Crippen MR) is 137 cm³/mol. The highest BCUT2D eigenvalue weighted by Crippen LogP contribution is 2.37. The van der Waals surface area contributed by atoms with Crippen molar-refractivity contribution in [1.82, 2.24) is 0 Å². The van der Waals surface area contributed by atoms with Crippen LogP contribution in [0.4, 0.5) is 15.8 Å². The van der Waals surface area contributed by atoms with E-state index in [-0.39, 0.29) is 17.6 Å². The Labute approximate surface area is 207 Å².